The van der Waals surface area contributed by atoms with Crippen LogP contribution in [0.5, 0.6) is 0 Å². The Morgan fingerprint density at radius 1 is 1.64 bits per heavy atom. The molecule has 0 amide bonds. The lowest BCUT2D eigenvalue weighted by Gasteiger charge is -2.04. The monoisotopic (exact) mass is 161 g/mol. The average molecular weight is 161 g/mol. The van der Waals surface area contributed by atoms with Gasteiger partial charge in [-0.1, -0.05) is 0 Å². The number of hydrogen-bond acceptors (Lipinski definition) is 3. The van der Waals surface area contributed by atoms with Crippen molar-refractivity contribution in [1.82, 2.24) is 4.90 Å². The van der Waals surface area contributed by atoms with Crippen LogP contribution in [0, 0.1) is 0 Å². The minimum absolute atomic E-state index is 0.188. The molecule has 0 aromatic heterocycles. The van der Waals surface area contributed by atoms with E-state index < -0.39 is 11.8 Å². The molecule has 0 unspecified atom stereocenters. The van der Waals surface area contributed by atoms with Gasteiger partial charge in [-0.15, -0.1) is 0 Å². The number of carbonyl (C=O) groups is 1. The number of rotatable bonds is 3. The molecule has 0 aromatic rings. The Morgan fingerprint density at radius 3 is 2.55 bits per heavy atom. The fourth-order valence-electron chi connectivity index (χ4n) is 0.479. The second kappa shape index (κ2) is 4.71. The summed E-state index contributed by atoms with van der Waals surface area (Å²) in [4.78, 5) is 12.0. The summed E-state index contributed by atoms with van der Waals surface area (Å²) in [6.07, 6.45) is 1.07. The number of esters is 1. The van der Waals surface area contributed by atoms with E-state index in [2.05, 4.69) is 4.74 Å². The lowest BCUT2D eigenvalue weighted by atomic mass is 10.5. The predicted octanol–water partition coefficient (Wildman–Crippen LogP) is 0.922. The van der Waals surface area contributed by atoms with Crippen LogP contribution in [-0.4, -0.2) is 31.6 Å². The molecule has 0 aliphatic rings. The van der Waals surface area contributed by atoms with Crippen LogP contribution in [0.4, 0.5) is 4.39 Å². The molecule has 0 aliphatic heterocycles. The summed E-state index contributed by atoms with van der Waals surface area (Å²) in [6.45, 7) is 1.81. The average Bonchev–Trinajstić information content (AvgIpc) is 1.86. The highest BCUT2D eigenvalue weighted by Crippen LogP contribution is 1.99. The Hall–Kier alpha value is -1.06. The van der Waals surface area contributed by atoms with Crippen LogP contribution >= 0.6 is 0 Å². The summed E-state index contributed by atoms with van der Waals surface area (Å²) in [6, 6.07) is 0. The number of nitrogens with zero attached hydrogens (tertiary/aromatic N) is 1. The zero-order valence-corrected chi connectivity index (χ0v) is 6.93. The maximum atomic E-state index is 12.6. The molecule has 0 aromatic carbocycles. The Kier molecular flexibility index (Phi) is 4.26. The number of halogens is 1. The molecule has 0 bridgehead atoms. The van der Waals surface area contributed by atoms with Crippen LogP contribution in [0.1, 0.15) is 6.92 Å². The lowest BCUT2D eigenvalue weighted by molar-refractivity contribution is -0.140. The van der Waals surface area contributed by atoms with Crippen LogP contribution in [0.15, 0.2) is 12.0 Å². The molecule has 0 fully saturated rings. The lowest BCUT2D eigenvalue weighted by Crippen LogP contribution is -2.09. The first-order valence-electron chi connectivity index (χ1n) is 3.28. The minimum Gasteiger partial charge on any atom is -0.461 e. The Bertz CT molecular complexity index is 166. The van der Waals surface area contributed by atoms with Crippen molar-refractivity contribution in [3.8, 4) is 0 Å². The predicted molar refractivity (Wildman–Crippen MR) is 39.5 cm³/mol. The molecule has 0 atom stereocenters. The van der Waals surface area contributed by atoms with Gasteiger partial charge in [0.25, 0.3) is 0 Å². The van der Waals surface area contributed by atoms with E-state index in [0.717, 1.165) is 6.20 Å². The van der Waals surface area contributed by atoms with E-state index in [0.29, 0.717) is 0 Å². The second-order valence-electron chi connectivity index (χ2n) is 2.16. The van der Waals surface area contributed by atoms with Crippen molar-refractivity contribution >= 4 is 5.97 Å². The molecule has 4 heteroatoms. The molecule has 0 radical (unpaired) electrons. The number of ether oxygens (including phenoxy) is 1. The fraction of sp³-hybridized carbons (Fsp3) is 0.571. The maximum absolute atomic E-state index is 12.6. The Labute approximate surface area is 65.4 Å². The first kappa shape index (κ1) is 9.94. The SMILES string of the molecule is CCOC(=O)C(F)=CN(C)C. The normalized spacial score (nSPS) is 11.1. The van der Waals surface area contributed by atoms with Gasteiger partial charge in [-0.3, -0.25) is 0 Å². The third-order valence-corrected chi connectivity index (χ3v) is 0.842. The third-order valence-electron chi connectivity index (χ3n) is 0.842. The van der Waals surface area contributed by atoms with Crippen molar-refractivity contribution in [2.75, 3.05) is 20.7 Å². The van der Waals surface area contributed by atoms with Gasteiger partial charge in [-0.05, 0) is 6.92 Å². The number of hydrogen-bond donors (Lipinski definition) is 0. The first-order valence-corrected chi connectivity index (χ1v) is 3.28. The van der Waals surface area contributed by atoms with Crippen LogP contribution in [0.2, 0.25) is 0 Å². The highest BCUT2D eigenvalue weighted by atomic mass is 19.1. The molecular formula is C7H12FNO2. The summed E-state index contributed by atoms with van der Waals surface area (Å²) < 4.78 is 17.0. The van der Waals surface area contributed by atoms with E-state index in [1.54, 1.807) is 21.0 Å². The van der Waals surface area contributed by atoms with E-state index in [-0.39, 0.29) is 6.61 Å². The molecule has 0 saturated carbocycles. The minimum atomic E-state index is -0.916. The van der Waals surface area contributed by atoms with E-state index >= 15 is 0 Å². The van der Waals surface area contributed by atoms with Gasteiger partial charge in [-0.25, -0.2) is 4.79 Å². The quantitative estimate of drug-likeness (QED) is 0.455. The van der Waals surface area contributed by atoms with Crippen molar-refractivity contribution in [2.45, 2.75) is 6.92 Å². The highest BCUT2D eigenvalue weighted by Gasteiger charge is 2.08. The molecular weight excluding hydrogens is 149 g/mol. The summed E-state index contributed by atoms with van der Waals surface area (Å²) in [7, 11) is 3.25. The van der Waals surface area contributed by atoms with Gasteiger partial charge < -0.3 is 9.64 Å². The Balaban J connectivity index is 4.01. The topological polar surface area (TPSA) is 29.5 Å². The maximum Gasteiger partial charge on any atom is 0.368 e. The molecule has 64 valence electrons. The molecule has 0 N–H and O–H groups in total. The van der Waals surface area contributed by atoms with Gasteiger partial charge in [0.05, 0.1) is 6.61 Å². The molecule has 0 aliphatic carbocycles. The standard InChI is InChI=1S/C7H12FNO2/c1-4-11-7(10)6(8)5-9(2)3/h5H,4H2,1-3H3. The zero-order valence-electron chi connectivity index (χ0n) is 6.93. The first-order chi connectivity index (χ1) is 5.07. The molecule has 0 rings (SSSR count). The third kappa shape index (κ3) is 4.36. The van der Waals surface area contributed by atoms with E-state index in [1.165, 1.54) is 4.90 Å². The molecule has 0 saturated heterocycles. The molecule has 0 heterocycles. The smallest absolute Gasteiger partial charge is 0.368 e. The van der Waals surface area contributed by atoms with Gasteiger partial charge in [0.15, 0.2) is 0 Å². The van der Waals surface area contributed by atoms with Crippen LogP contribution in [-0.2, 0) is 9.53 Å². The second-order valence-corrected chi connectivity index (χ2v) is 2.16. The number of carbonyl (C=O) groups excluding carboxylic acids is 1. The van der Waals surface area contributed by atoms with Gasteiger partial charge in [0, 0.05) is 20.3 Å². The molecule has 3 nitrogen and oxygen atoms in total. The summed E-state index contributed by atoms with van der Waals surface area (Å²) in [5.74, 6) is -1.79. The van der Waals surface area contributed by atoms with Crippen molar-refractivity contribution in [3.05, 3.63) is 12.0 Å². The van der Waals surface area contributed by atoms with Crippen LogP contribution in [0.25, 0.3) is 0 Å². The van der Waals surface area contributed by atoms with Crippen LogP contribution in [0.3, 0.4) is 0 Å². The summed E-state index contributed by atoms with van der Waals surface area (Å²) in [5.41, 5.74) is 0. The van der Waals surface area contributed by atoms with E-state index in [4.69, 9.17) is 0 Å². The van der Waals surface area contributed by atoms with Crippen molar-refractivity contribution < 1.29 is 13.9 Å². The molecule has 0 spiro atoms. The van der Waals surface area contributed by atoms with Crippen molar-refractivity contribution in [1.29, 1.82) is 0 Å². The summed E-state index contributed by atoms with van der Waals surface area (Å²) >= 11 is 0. The van der Waals surface area contributed by atoms with E-state index in [9.17, 15) is 9.18 Å². The van der Waals surface area contributed by atoms with Crippen LogP contribution < -0.4 is 0 Å². The highest BCUT2D eigenvalue weighted by molar-refractivity contribution is 5.85. The van der Waals surface area contributed by atoms with E-state index in [1.807, 2.05) is 0 Å². The molecule has 11 heavy (non-hydrogen) atoms. The van der Waals surface area contributed by atoms with Gasteiger partial charge in [0.1, 0.15) is 0 Å². The van der Waals surface area contributed by atoms with Crippen molar-refractivity contribution in [2.24, 2.45) is 0 Å². The van der Waals surface area contributed by atoms with Gasteiger partial charge in [0.2, 0.25) is 5.83 Å². The fourth-order valence-corrected chi connectivity index (χ4v) is 0.479. The Morgan fingerprint density at radius 2 is 2.18 bits per heavy atom. The van der Waals surface area contributed by atoms with Gasteiger partial charge in [-0.2, -0.15) is 4.39 Å². The van der Waals surface area contributed by atoms with Gasteiger partial charge >= 0.3 is 5.97 Å². The summed E-state index contributed by atoms with van der Waals surface area (Å²) in [5, 5.41) is 0. The largest absolute Gasteiger partial charge is 0.461 e. The zero-order chi connectivity index (χ0) is 8.85. The van der Waals surface area contributed by atoms with Crippen molar-refractivity contribution in [3.63, 3.8) is 0 Å².